The third-order valence-corrected chi connectivity index (χ3v) is 5.14. The molecule has 4 rings (SSSR count). The zero-order chi connectivity index (χ0) is 22.7. The molecule has 1 saturated carbocycles. The van der Waals surface area contributed by atoms with Gasteiger partial charge in [-0.05, 0) is 37.3 Å². The maximum absolute atomic E-state index is 7.68. The van der Waals surface area contributed by atoms with Gasteiger partial charge in [-0.1, -0.05) is 18.5 Å². The third-order valence-electron chi connectivity index (χ3n) is 4.84. The molecule has 1 aliphatic carbocycles. The van der Waals surface area contributed by atoms with Gasteiger partial charge in [-0.15, -0.1) is 25.7 Å². The van der Waals surface area contributed by atoms with Crippen molar-refractivity contribution in [1.82, 2.24) is 9.78 Å². The van der Waals surface area contributed by atoms with Crippen molar-refractivity contribution in [2.45, 2.75) is 32.2 Å². The Balaban J connectivity index is 0.000000691. The normalized spacial score (nSPS) is 16.7. The van der Waals surface area contributed by atoms with Gasteiger partial charge in [0, 0.05) is 43.9 Å². The number of aromatic nitrogens is 2. The lowest BCUT2D eigenvalue weighted by atomic mass is 10.1. The summed E-state index contributed by atoms with van der Waals surface area (Å²) in [4.78, 5) is 2.33. The zero-order valence-electron chi connectivity index (χ0n) is 17.6. The van der Waals surface area contributed by atoms with E-state index in [9.17, 15) is 0 Å². The maximum Gasteiger partial charge on any atom is 0.0770 e. The van der Waals surface area contributed by atoms with Crippen LogP contribution in [0.2, 0.25) is 5.02 Å². The Bertz CT molecular complexity index is 848. The summed E-state index contributed by atoms with van der Waals surface area (Å²) in [6, 6.07) is 4.50. The summed E-state index contributed by atoms with van der Waals surface area (Å²) in [5.41, 5.74) is 3.69. The molecule has 1 aliphatic heterocycles. The van der Waals surface area contributed by atoms with Gasteiger partial charge in [-0.25, -0.2) is 0 Å². The molecule has 3 N–H and O–H groups in total. The number of anilines is 3. The van der Waals surface area contributed by atoms with E-state index in [1.54, 1.807) is 0 Å². The number of rotatable bonds is 5. The molecular weight excluding hydrogens is 398 g/mol. The smallest absolute Gasteiger partial charge is 0.0770 e. The first-order chi connectivity index (χ1) is 14.6. The number of terminal acetylenes is 2. The Morgan fingerprint density at radius 2 is 1.87 bits per heavy atom. The summed E-state index contributed by atoms with van der Waals surface area (Å²) < 4.78 is 2.02. The SMILES string of the molecule is C#C.C#C.CC1CCN(c2cc(Nc3cnn(C4CC4)c3)c(C=N)cc2Cl)C1.CO. The van der Waals surface area contributed by atoms with Gasteiger partial charge in [0.1, 0.15) is 0 Å². The average molecular weight is 428 g/mol. The van der Waals surface area contributed by atoms with Crippen LogP contribution in [-0.4, -0.2) is 41.3 Å². The number of hydrogen-bond acceptors (Lipinski definition) is 5. The minimum atomic E-state index is 0.564. The predicted octanol–water partition coefficient (Wildman–Crippen LogP) is 4.57. The lowest BCUT2D eigenvalue weighted by Gasteiger charge is -2.22. The molecule has 1 aromatic heterocycles. The van der Waals surface area contributed by atoms with Crippen molar-refractivity contribution >= 4 is 34.9 Å². The highest BCUT2D eigenvalue weighted by atomic mass is 35.5. The second kappa shape index (κ2) is 12.6. The van der Waals surface area contributed by atoms with Crippen LogP contribution in [0.25, 0.3) is 0 Å². The number of aliphatic hydroxyl groups is 1. The zero-order valence-corrected chi connectivity index (χ0v) is 18.3. The van der Waals surface area contributed by atoms with Gasteiger partial charge in [-0.3, -0.25) is 4.68 Å². The molecular formula is C23H30ClN5O. The fourth-order valence-corrected chi connectivity index (χ4v) is 3.59. The fraction of sp³-hybridized carbons (Fsp3) is 0.391. The van der Waals surface area contributed by atoms with E-state index < -0.39 is 0 Å². The highest BCUT2D eigenvalue weighted by Crippen LogP contribution is 2.37. The van der Waals surface area contributed by atoms with Crippen molar-refractivity contribution in [3.05, 3.63) is 35.1 Å². The Morgan fingerprint density at radius 1 is 1.20 bits per heavy atom. The molecule has 0 spiro atoms. The molecule has 7 heteroatoms. The summed E-state index contributed by atoms with van der Waals surface area (Å²) in [6.07, 6.45) is 24.8. The second-order valence-corrected chi connectivity index (χ2v) is 7.35. The first kappa shape index (κ1) is 25.1. The molecule has 2 aromatic rings. The third kappa shape index (κ3) is 6.29. The molecule has 2 aliphatic rings. The second-order valence-electron chi connectivity index (χ2n) is 6.94. The molecule has 1 atom stereocenters. The van der Waals surface area contributed by atoms with Gasteiger partial charge in [-0.2, -0.15) is 5.10 Å². The Kier molecular flexibility index (Phi) is 10.5. The number of hydrogen-bond donors (Lipinski definition) is 3. The van der Waals surface area contributed by atoms with Crippen LogP contribution in [0.1, 0.15) is 37.8 Å². The Hall–Kier alpha value is -2.93. The maximum atomic E-state index is 7.68. The van der Waals surface area contributed by atoms with Crippen LogP contribution in [0.5, 0.6) is 0 Å². The summed E-state index contributed by atoms with van der Waals surface area (Å²) in [5.74, 6) is 0.691. The lowest BCUT2D eigenvalue weighted by Crippen LogP contribution is -2.19. The molecule has 1 aromatic carbocycles. The molecule has 1 saturated heterocycles. The first-order valence-electron chi connectivity index (χ1n) is 9.65. The summed E-state index contributed by atoms with van der Waals surface area (Å²) in [5, 5.41) is 23.2. The van der Waals surface area contributed by atoms with Crippen LogP contribution >= 0.6 is 11.6 Å². The van der Waals surface area contributed by atoms with E-state index in [1.807, 2.05) is 23.1 Å². The van der Waals surface area contributed by atoms with Gasteiger partial charge in [0.25, 0.3) is 0 Å². The summed E-state index contributed by atoms with van der Waals surface area (Å²) in [6.45, 7) is 4.33. The molecule has 0 radical (unpaired) electrons. The van der Waals surface area contributed by atoms with E-state index in [-0.39, 0.29) is 0 Å². The van der Waals surface area contributed by atoms with E-state index in [2.05, 4.69) is 54.0 Å². The van der Waals surface area contributed by atoms with E-state index in [1.165, 1.54) is 25.5 Å². The number of nitrogens with one attached hydrogen (secondary N) is 2. The van der Waals surface area contributed by atoms with Crippen molar-refractivity contribution in [2.75, 3.05) is 30.4 Å². The largest absolute Gasteiger partial charge is 0.400 e. The number of aliphatic hydroxyl groups excluding tert-OH is 1. The molecule has 0 amide bonds. The topological polar surface area (TPSA) is 77.2 Å². The minimum absolute atomic E-state index is 0.564. The van der Waals surface area contributed by atoms with Crippen LogP contribution in [-0.2, 0) is 0 Å². The lowest BCUT2D eigenvalue weighted by molar-refractivity contribution is 0.399. The predicted molar refractivity (Wildman–Crippen MR) is 127 cm³/mol. The number of halogens is 1. The first-order valence-corrected chi connectivity index (χ1v) is 10.0. The molecule has 160 valence electrons. The minimum Gasteiger partial charge on any atom is -0.400 e. The number of benzene rings is 1. The van der Waals surface area contributed by atoms with Crippen LogP contribution in [0.4, 0.5) is 17.1 Å². The van der Waals surface area contributed by atoms with Crippen LogP contribution in [0, 0.1) is 37.0 Å². The van der Waals surface area contributed by atoms with Crippen molar-refractivity contribution < 1.29 is 5.11 Å². The summed E-state index contributed by atoms with van der Waals surface area (Å²) in [7, 11) is 1.00. The van der Waals surface area contributed by atoms with Gasteiger partial charge >= 0.3 is 0 Å². The molecule has 2 fully saturated rings. The van der Waals surface area contributed by atoms with Crippen molar-refractivity contribution in [3.63, 3.8) is 0 Å². The van der Waals surface area contributed by atoms with Gasteiger partial charge < -0.3 is 20.7 Å². The van der Waals surface area contributed by atoms with Gasteiger partial charge in [0.05, 0.1) is 28.6 Å². The van der Waals surface area contributed by atoms with E-state index in [0.717, 1.165) is 42.8 Å². The van der Waals surface area contributed by atoms with E-state index >= 15 is 0 Å². The van der Waals surface area contributed by atoms with Crippen LogP contribution in [0.15, 0.2) is 24.5 Å². The Labute approximate surface area is 184 Å². The highest BCUT2D eigenvalue weighted by molar-refractivity contribution is 6.33. The van der Waals surface area contributed by atoms with E-state index in [0.29, 0.717) is 17.0 Å². The number of nitrogens with zero attached hydrogens (tertiary/aromatic N) is 3. The molecule has 0 bridgehead atoms. The standard InChI is InChI=1S/C18H22ClN5.2C2H2.CH4O/c1-12-4-5-23(10-12)18-7-17(13(8-20)6-16(18)19)22-14-9-21-24(11-14)15-2-3-15;3*1-2/h6-9,11-12,15,20,22H,2-5,10H2,1H3;2*1-2H;2H,1H3. The van der Waals surface area contributed by atoms with Crippen LogP contribution in [0.3, 0.4) is 0 Å². The fourth-order valence-electron chi connectivity index (χ4n) is 3.30. The highest BCUT2D eigenvalue weighted by Gasteiger charge is 2.25. The quantitative estimate of drug-likeness (QED) is 0.482. The Morgan fingerprint density at radius 3 is 2.40 bits per heavy atom. The van der Waals surface area contributed by atoms with Gasteiger partial charge in [0.2, 0.25) is 0 Å². The monoisotopic (exact) mass is 427 g/mol. The average Bonchev–Trinajstić information content (AvgIpc) is 3.39. The van der Waals surface area contributed by atoms with Crippen molar-refractivity contribution in [3.8, 4) is 25.7 Å². The van der Waals surface area contributed by atoms with Crippen molar-refractivity contribution in [1.29, 1.82) is 5.41 Å². The molecule has 1 unspecified atom stereocenters. The van der Waals surface area contributed by atoms with E-state index in [4.69, 9.17) is 22.1 Å². The molecule has 2 heterocycles. The summed E-state index contributed by atoms with van der Waals surface area (Å²) >= 11 is 6.48. The molecule has 6 nitrogen and oxygen atoms in total. The van der Waals surface area contributed by atoms with Crippen molar-refractivity contribution in [2.24, 2.45) is 5.92 Å². The van der Waals surface area contributed by atoms with Gasteiger partial charge in [0.15, 0.2) is 0 Å². The molecule has 30 heavy (non-hydrogen) atoms. The van der Waals surface area contributed by atoms with Crippen LogP contribution < -0.4 is 10.2 Å².